The van der Waals surface area contributed by atoms with Crippen molar-refractivity contribution in [3.63, 3.8) is 0 Å². The van der Waals surface area contributed by atoms with Crippen LogP contribution < -0.4 is 5.30 Å². The molecule has 1 N–H and O–H groups in total. The highest BCUT2D eigenvalue weighted by molar-refractivity contribution is 7.47. The summed E-state index contributed by atoms with van der Waals surface area (Å²) >= 11 is 0. The lowest BCUT2D eigenvalue weighted by molar-refractivity contribution is 0.513. The minimum atomic E-state index is -2.19. The molecule has 1 aromatic rings. The van der Waals surface area contributed by atoms with Gasteiger partial charge in [-0.2, -0.15) is 4.89 Å². The zero-order chi connectivity index (χ0) is 9.14. The minimum absolute atomic E-state index is 0.576. The first-order valence-electron chi connectivity index (χ1n) is 3.91. The molecular formula is C9H12O2P+. The summed E-state index contributed by atoms with van der Waals surface area (Å²) < 4.78 is 10.9. The Morgan fingerprint density at radius 2 is 2.17 bits per heavy atom. The molecule has 1 aromatic carbocycles. The van der Waals surface area contributed by atoms with Crippen LogP contribution >= 0.6 is 8.03 Å². The third-order valence-corrected chi connectivity index (χ3v) is 2.78. The van der Waals surface area contributed by atoms with Crippen molar-refractivity contribution in [2.45, 2.75) is 20.3 Å². The van der Waals surface area contributed by atoms with Gasteiger partial charge in [0, 0.05) is 5.56 Å². The van der Waals surface area contributed by atoms with Gasteiger partial charge in [-0.15, -0.1) is 0 Å². The van der Waals surface area contributed by atoms with Gasteiger partial charge in [0.25, 0.3) is 0 Å². The highest BCUT2D eigenvalue weighted by Gasteiger charge is 2.20. The van der Waals surface area contributed by atoms with E-state index in [0.717, 1.165) is 17.5 Å². The van der Waals surface area contributed by atoms with Crippen molar-refractivity contribution in [3.05, 3.63) is 29.3 Å². The van der Waals surface area contributed by atoms with Crippen LogP contribution in [0.25, 0.3) is 0 Å². The van der Waals surface area contributed by atoms with Crippen LogP contribution in [0.3, 0.4) is 0 Å². The van der Waals surface area contributed by atoms with E-state index in [1.165, 1.54) is 0 Å². The van der Waals surface area contributed by atoms with Crippen molar-refractivity contribution in [2.24, 2.45) is 0 Å². The standard InChI is InChI=1S/C9H11O2P/c1-3-8-7(2)5-4-6-9(8)12(10)11/h4-6H,3H2,1-2H3/p+1. The Bertz CT molecular complexity index is 307. The predicted molar refractivity (Wildman–Crippen MR) is 50.0 cm³/mol. The molecule has 0 aromatic heterocycles. The van der Waals surface area contributed by atoms with Gasteiger partial charge in [-0.3, -0.25) is 0 Å². The Morgan fingerprint density at radius 3 is 2.58 bits per heavy atom. The molecule has 1 atom stereocenters. The van der Waals surface area contributed by atoms with Crippen molar-refractivity contribution in [2.75, 3.05) is 0 Å². The first-order chi connectivity index (χ1) is 5.66. The summed E-state index contributed by atoms with van der Waals surface area (Å²) in [6.45, 7) is 3.95. The van der Waals surface area contributed by atoms with Gasteiger partial charge < -0.3 is 0 Å². The van der Waals surface area contributed by atoms with Gasteiger partial charge in [0.2, 0.25) is 5.30 Å². The second-order valence-corrected chi connectivity index (χ2v) is 3.73. The maximum absolute atomic E-state index is 10.9. The van der Waals surface area contributed by atoms with Gasteiger partial charge >= 0.3 is 8.03 Å². The van der Waals surface area contributed by atoms with Crippen LogP contribution in [-0.2, 0) is 11.0 Å². The second kappa shape index (κ2) is 3.79. The molecule has 0 saturated heterocycles. The van der Waals surface area contributed by atoms with E-state index in [-0.39, 0.29) is 0 Å². The Balaban J connectivity index is 3.27. The molecule has 0 radical (unpaired) electrons. The van der Waals surface area contributed by atoms with Gasteiger partial charge in [0.15, 0.2) is 0 Å². The van der Waals surface area contributed by atoms with Gasteiger partial charge in [-0.1, -0.05) is 19.1 Å². The lowest BCUT2D eigenvalue weighted by Crippen LogP contribution is -2.06. The lowest BCUT2D eigenvalue weighted by atomic mass is 10.1. The van der Waals surface area contributed by atoms with Gasteiger partial charge in [-0.05, 0) is 29.5 Å². The maximum atomic E-state index is 10.9. The normalized spacial score (nSPS) is 11.4. The summed E-state index contributed by atoms with van der Waals surface area (Å²) in [4.78, 5) is 8.97. The summed E-state index contributed by atoms with van der Waals surface area (Å²) in [5, 5.41) is 0.576. The van der Waals surface area contributed by atoms with Gasteiger partial charge in [-0.25, -0.2) is 0 Å². The molecule has 1 unspecified atom stereocenters. The third kappa shape index (κ3) is 1.71. The average Bonchev–Trinajstić information content (AvgIpc) is 2.03. The van der Waals surface area contributed by atoms with E-state index in [9.17, 15) is 4.57 Å². The van der Waals surface area contributed by atoms with E-state index in [1.807, 2.05) is 26.0 Å². The Kier molecular flexibility index (Phi) is 2.96. The number of hydrogen-bond donors (Lipinski definition) is 1. The largest absolute Gasteiger partial charge is 0.546 e. The fourth-order valence-corrected chi connectivity index (χ4v) is 2.10. The van der Waals surface area contributed by atoms with Crippen molar-refractivity contribution >= 4 is 13.3 Å². The molecular weight excluding hydrogens is 171 g/mol. The van der Waals surface area contributed by atoms with Crippen molar-refractivity contribution in [1.82, 2.24) is 0 Å². The van der Waals surface area contributed by atoms with Crippen LogP contribution in [0.5, 0.6) is 0 Å². The maximum Gasteiger partial charge on any atom is 0.546 e. The van der Waals surface area contributed by atoms with Crippen LogP contribution in [0, 0.1) is 6.92 Å². The van der Waals surface area contributed by atoms with Gasteiger partial charge in [0.05, 0.1) is 0 Å². The lowest BCUT2D eigenvalue weighted by Gasteiger charge is -1.99. The summed E-state index contributed by atoms with van der Waals surface area (Å²) in [5.41, 5.74) is 2.09. The monoisotopic (exact) mass is 183 g/mol. The zero-order valence-electron chi connectivity index (χ0n) is 7.24. The first-order valence-corrected chi connectivity index (χ1v) is 5.12. The van der Waals surface area contributed by atoms with Crippen molar-refractivity contribution in [3.8, 4) is 0 Å². The third-order valence-electron chi connectivity index (χ3n) is 1.95. The highest BCUT2D eigenvalue weighted by atomic mass is 31.1. The number of hydrogen-bond acceptors (Lipinski definition) is 1. The molecule has 2 nitrogen and oxygen atoms in total. The molecule has 1 rings (SSSR count). The number of benzene rings is 1. The Hall–Kier alpha value is -0.720. The minimum Gasteiger partial charge on any atom is -0.156 e. The van der Waals surface area contributed by atoms with E-state index in [2.05, 4.69) is 0 Å². The molecule has 0 fully saturated rings. The molecule has 0 heterocycles. The molecule has 3 heteroatoms. The van der Waals surface area contributed by atoms with Crippen LogP contribution in [-0.4, -0.2) is 4.89 Å². The molecule has 0 aliphatic carbocycles. The molecule has 0 bridgehead atoms. The van der Waals surface area contributed by atoms with Crippen LogP contribution in [0.2, 0.25) is 0 Å². The molecule has 12 heavy (non-hydrogen) atoms. The first kappa shape index (κ1) is 9.37. The van der Waals surface area contributed by atoms with E-state index >= 15 is 0 Å². The molecule has 0 spiro atoms. The van der Waals surface area contributed by atoms with E-state index in [4.69, 9.17) is 4.89 Å². The number of aryl methyl sites for hydroxylation is 1. The van der Waals surface area contributed by atoms with Crippen LogP contribution in [0.1, 0.15) is 18.1 Å². The van der Waals surface area contributed by atoms with Crippen molar-refractivity contribution < 1.29 is 9.46 Å². The predicted octanol–water partition coefficient (Wildman–Crippen LogP) is 1.92. The van der Waals surface area contributed by atoms with E-state index in [0.29, 0.717) is 5.30 Å². The Morgan fingerprint density at radius 1 is 1.50 bits per heavy atom. The van der Waals surface area contributed by atoms with Crippen molar-refractivity contribution in [1.29, 1.82) is 0 Å². The average molecular weight is 183 g/mol. The summed E-state index contributed by atoms with van der Waals surface area (Å²) in [6.07, 6.45) is 0.809. The van der Waals surface area contributed by atoms with E-state index < -0.39 is 8.03 Å². The Labute approximate surface area is 73.1 Å². The topological polar surface area (TPSA) is 37.3 Å². The molecule has 0 aliphatic rings. The summed E-state index contributed by atoms with van der Waals surface area (Å²) in [7, 11) is -2.19. The smallest absolute Gasteiger partial charge is 0.156 e. The molecule has 0 amide bonds. The number of rotatable bonds is 2. The molecule has 64 valence electrons. The van der Waals surface area contributed by atoms with Gasteiger partial charge in [0.1, 0.15) is 0 Å². The summed E-state index contributed by atoms with van der Waals surface area (Å²) in [5.74, 6) is 0. The molecule has 0 aliphatic heterocycles. The zero-order valence-corrected chi connectivity index (χ0v) is 8.14. The van der Waals surface area contributed by atoms with E-state index in [1.54, 1.807) is 6.07 Å². The summed E-state index contributed by atoms with van der Waals surface area (Å²) in [6, 6.07) is 5.49. The highest BCUT2D eigenvalue weighted by Crippen LogP contribution is 2.18. The fraction of sp³-hybridized carbons (Fsp3) is 0.333. The van der Waals surface area contributed by atoms with Crippen LogP contribution in [0.4, 0.5) is 0 Å². The second-order valence-electron chi connectivity index (χ2n) is 2.70. The quantitative estimate of drug-likeness (QED) is 0.711. The fourth-order valence-electron chi connectivity index (χ4n) is 1.33. The SMILES string of the molecule is CCc1c(C)cccc1[P+](=O)O. The molecule has 0 saturated carbocycles. The van der Waals surface area contributed by atoms with Crippen LogP contribution in [0.15, 0.2) is 18.2 Å².